The first-order valence-electron chi connectivity index (χ1n) is 8.60. The number of aromatic nitrogens is 1. The largest absolute Gasteiger partial charge is 0.507 e. The summed E-state index contributed by atoms with van der Waals surface area (Å²) in [4.78, 5) is 31.3. The van der Waals surface area contributed by atoms with Crippen LogP contribution in [-0.2, 0) is 9.59 Å². The zero-order chi connectivity index (χ0) is 19.7. The minimum Gasteiger partial charge on any atom is -0.507 e. The molecule has 1 saturated heterocycles. The summed E-state index contributed by atoms with van der Waals surface area (Å²) in [5.41, 5.74) is 1.73. The number of anilines is 1. The Morgan fingerprint density at radius 1 is 0.964 bits per heavy atom. The summed E-state index contributed by atoms with van der Waals surface area (Å²) in [6.07, 6.45) is 3.22. The van der Waals surface area contributed by atoms with Crippen LogP contribution in [0.15, 0.2) is 89.2 Å². The highest BCUT2D eigenvalue weighted by molar-refractivity contribution is 9.10. The first-order chi connectivity index (χ1) is 13.6. The number of ketones is 1. The molecule has 1 N–H and O–H groups in total. The van der Waals surface area contributed by atoms with Crippen molar-refractivity contribution in [3.8, 4) is 0 Å². The van der Waals surface area contributed by atoms with Gasteiger partial charge in [-0.25, -0.2) is 0 Å². The van der Waals surface area contributed by atoms with Gasteiger partial charge in [0.1, 0.15) is 5.76 Å². The lowest BCUT2D eigenvalue weighted by atomic mass is 9.96. The molecule has 1 unspecified atom stereocenters. The van der Waals surface area contributed by atoms with Crippen molar-refractivity contribution in [2.24, 2.45) is 0 Å². The van der Waals surface area contributed by atoms with E-state index in [4.69, 9.17) is 0 Å². The maximum absolute atomic E-state index is 12.9. The van der Waals surface area contributed by atoms with E-state index in [1.807, 2.05) is 6.07 Å². The number of aliphatic hydroxyl groups excluding tert-OH is 1. The number of para-hydroxylation sites is 1. The van der Waals surface area contributed by atoms with E-state index in [0.29, 0.717) is 16.8 Å². The Labute approximate surface area is 170 Å². The quantitative estimate of drug-likeness (QED) is 0.375. The minimum absolute atomic E-state index is 0.0455. The smallest absolute Gasteiger partial charge is 0.300 e. The highest BCUT2D eigenvalue weighted by Crippen LogP contribution is 2.41. The molecule has 1 aliphatic heterocycles. The van der Waals surface area contributed by atoms with Gasteiger partial charge in [0.25, 0.3) is 11.7 Å². The standard InChI is InChI=1S/C22H15BrN2O3/c23-16-10-8-14(9-11-16)20(26)18-19(15-5-4-12-24-13-15)25(22(28)21(18)27)17-6-2-1-3-7-17/h1-13,19,26H/b20-18+. The number of carbonyl (C=O) groups is 2. The lowest BCUT2D eigenvalue weighted by Gasteiger charge is -2.25. The van der Waals surface area contributed by atoms with Crippen molar-refractivity contribution >= 4 is 39.1 Å². The Morgan fingerprint density at radius 2 is 1.68 bits per heavy atom. The van der Waals surface area contributed by atoms with Gasteiger partial charge in [-0.2, -0.15) is 0 Å². The molecule has 0 saturated carbocycles. The normalized spacial score (nSPS) is 18.5. The number of aliphatic hydroxyl groups is 1. The molecule has 1 amide bonds. The van der Waals surface area contributed by atoms with Gasteiger partial charge < -0.3 is 5.11 Å². The summed E-state index contributed by atoms with van der Waals surface area (Å²) in [6, 6.07) is 18.6. The molecule has 5 nitrogen and oxygen atoms in total. The Bertz CT molecular complexity index is 1060. The number of nitrogens with zero attached hydrogens (tertiary/aromatic N) is 2. The second-order valence-electron chi connectivity index (χ2n) is 6.30. The van der Waals surface area contributed by atoms with Gasteiger partial charge in [0.05, 0.1) is 11.6 Å². The summed E-state index contributed by atoms with van der Waals surface area (Å²) >= 11 is 3.35. The van der Waals surface area contributed by atoms with E-state index in [0.717, 1.165) is 4.47 Å². The predicted octanol–water partition coefficient (Wildman–Crippen LogP) is 4.47. The fourth-order valence-corrected chi connectivity index (χ4v) is 3.57. The van der Waals surface area contributed by atoms with Gasteiger partial charge in [-0.05, 0) is 35.9 Å². The molecule has 0 spiro atoms. The van der Waals surface area contributed by atoms with E-state index in [1.165, 1.54) is 4.90 Å². The number of carbonyl (C=O) groups excluding carboxylic acids is 2. The Morgan fingerprint density at radius 3 is 2.32 bits per heavy atom. The van der Waals surface area contributed by atoms with E-state index in [9.17, 15) is 14.7 Å². The first-order valence-corrected chi connectivity index (χ1v) is 9.39. The van der Waals surface area contributed by atoms with Gasteiger partial charge in [-0.3, -0.25) is 19.5 Å². The van der Waals surface area contributed by atoms with E-state index >= 15 is 0 Å². The number of Topliss-reactive ketones (excluding diaryl/α,β-unsaturated/α-hetero) is 1. The molecule has 4 rings (SSSR count). The van der Waals surface area contributed by atoms with Crippen LogP contribution in [-0.4, -0.2) is 21.8 Å². The molecule has 6 heteroatoms. The molecular weight excluding hydrogens is 420 g/mol. The monoisotopic (exact) mass is 434 g/mol. The van der Waals surface area contributed by atoms with Crippen LogP contribution in [0, 0.1) is 0 Å². The van der Waals surface area contributed by atoms with E-state index in [1.54, 1.807) is 73.1 Å². The summed E-state index contributed by atoms with van der Waals surface area (Å²) in [7, 11) is 0. The van der Waals surface area contributed by atoms with Crippen LogP contribution < -0.4 is 4.90 Å². The molecule has 1 atom stereocenters. The molecule has 2 heterocycles. The molecule has 0 aliphatic carbocycles. The maximum Gasteiger partial charge on any atom is 0.300 e. The number of hydrogen-bond donors (Lipinski definition) is 1. The number of amides is 1. The van der Waals surface area contributed by atoms with Crippen molar-refractivity contribution < 1.29 is 14.7 Å². The highest BCUT2D eigenvalue weighted by Gasteiger charge is 2.46. The fraction of sp³-hybridized carbons (Fsp3) is 0.0455. The van der Waals surface area contributed by atoms with Crippen molar-refractivity contribution in [1.82, 2.24) is 4.98 Å². The lowest BCUT2D eigenvalue weighted by Crippen LogP contribution is -2.29. The number of halogens is 1. The van der Waals surface area contributed by atoms with E-state index in [-0.39, 0.29) is 11.3 Å². The number of hydrogen-bond acceptors (Lipinski definition) is 4. The Balaban J connectivity index is 1.94. The average Bonchev–Trinajstić information content (AvgIpc) is 3.00. The zero-order valence-corrected chi connectivity index (χ0v) is 16.2. The molecular formula is C22H15BrN2O3. The molecule has 1 fully saturated rings. The van der Waals surface area contributed by atoms with Gasteiger partial charge in [0, 0.05) is 28.1 Å². The van der Waals surface area contributed by atoms with Gasteiger partial charge in [-0.1, -0.05) is 52.3 Å². The second-order valence-corrected chi connectivity index (χ2v) is 7.21. The van der Waals surface area contributed by atoms with Gasteiger partial charge in [0.2, 0.25) is 0 Å². The Kier molecular flexibility index (Phi) is 4.79. The van der Waals surface area contributed by atoms with Crippen LogP contribution in [0.25, 0.3) is 5.76 Å². The van der Waals surface area contributed by atoms with Crippen LogP contribution in [0.3, 0.4) is 0 Å². The van der Waals surface area contributed by atoms with E-state index in [2.05, 4.69) is 20.9 Å². The Hall–Kier alpha value is -3.25. The van der Waals surface area contributed by atoms with Crippen molar-refractivity contribution in [2.45, 2.75) is 6.04 Å². The SMILES string of the molecule is O=C1C(=O)N(c2ccccc2)C(c2cccnc2)/C1=C(\O)c1ccc(Br)cc1. The predicted molar refractivity (Wildman–Crippen MR) is 110 cm³/mol. The third-order valence-electron chi connectivity index (χ3n) is 4.60. The number of benzene rings is 2. The van der Waals surface area contributed by atoms with Gasteiger partial charge in [0.15, 0.2) is 0 Å². The number of rotatable bonds is 3. The van der Waals surface area contributed by atoms with Crippen molar-refractivity contribution in [2.75, 3.05) is 4.90 Å². The van der Waals surface area contributed by atoms with Crippen molar-refractivity contribution in [1.29, 1.82) is 0 Å². The highest BCUT2D eigenvalue weighted by atomic mass is 79.9. The molecule has 138 valence electrons. The molecule has 0 radical (unpaired) electrons. The molecule has 28 heavy (non-hydrogen) atoms. The lowest BCUT2D eigenvalue weighted by molar-refractivity contribution is -0.132. The number of pyridine rings is 1. The summed E-state index contributed by atoms with van der Waals surface area (Å²) < 4.78 is 0.845. The van der Waals surface area contributed by atoms with Crippen LogP contribution in [0.4, 0.5) is 5.69 Å². The second kappa shape index (κ2) is 7.40. The summed E-state index contributed by atoms with van der Waals surface area (Å²) in [5, 5.41) is 10.9. The molecule has 1 aliphatic rings. The average molecular weight is 435 g/mol. The van der Waals surface area contributed by atoms with Crippen LogP contribution in [0.5, 0.6) is 0 Å². The third-order valence-corrected chi connectivity index (χ3v) is 5.13. The fourth-order valence-electron chi connectivity index (χ4n) is 3.30. The van der Waals surface area contributed by atoms with Crippen molar-refractivity contribution in [3.63, 3.8) is 0 Å². The molecule has 0 bridgehead atoms. The van der Waals surface area contributed by atoms with Gasteiger partial charge >= 0.3 is 0 Å². The minimum atomic E-state index is -0.764. The van der Waals surface area contributed by atoms with E-state index < -0.39 is 17.7 Å². The molecule has 1 aromatic heterocycles. The maximum atomic E-state index is 12.9. The van der Waals surface area contributed by atoms with Crippen LogP contribution >= 0.6 is 15.9 Å². The van der Waals surface area contributed by atoms with Crippen LogP contribution in [0.1, 0.15) is 17.2 Å². The third kappa shape index (κ3) is 3.12. The zero-order valence-electron chi connectivity index (χ0n) is 14.6. The summed E-state index contributed by atoms with van der Waals surface area (Å²) in [6.45, 7) is 0. The van der Waals surface area contributed by atoms with Gasteiger partial charge in [-0.15, -0.1) is 0 Å². The topological polar surface area (TPSA) is 70.5 Å². The first kappa shape index (κ1) is 18.1. The van der Waals surface area contributed by atoms with Crippen molar-refractivity contribution in [3.05, 3.63) is 100 Å². The molecule has 3 aromatic rings. The molecule has 2 aromatic carbocycles. The summed E-state index contributed by atoms with van der Waals surface area (Å²) in [5.74, 6) is -1.62. The van der Waals surface area contributed by atoms with Crippen LogP contribution in [0.2, 0.25) is 0 Å².